The van der Waals surface area contributed by atoms with Crippen LogP contribution in [0.3, 0.4) is 0 Å². The fourth-order valence-electron chi connectivity index (χ4n) is 2.13. The van der Waals surface area contributed by atoms with Crippen molar-refractivity contribution >= 4 is 5.97 Å². The molecule has 0 fully saturated rings. The Morgan fingerprint density at radius 2 is 1.93 bits per heavy atom. The number of H-pyrrole nitrogens is 1. The highest BCUT2D eigenvalue weighted by Gasteiger charge is 2.08. The summed E-state index contributed by atoms with van der Waals surface area (Å²) in [5.74, 6) is 1.35. The number of pyridine rings is 1. The quantitative estimate of drug-likeness (QED) is 0.643. The van der Waals surface area contributed by atoms with Crippen LogP contribution in [0.5, 0.6) is 17.2 Å². The van der Waals surface area contributed by atoms with E-state index in [1.165, 1.54) is 12.3 Å². The van der Waals surface area contributed by atoms with Crippen LogP contribution >= 0.6 is 0 Å². The highest BCUT2D eigenvalue weighted by molar-refractivity contribution is 5.71. The summed E-state index contributed by atoms with van der Waals surface area (Å²) in [6, 6.07) is 8.28. The third-order valence-corrected chi connectivity index (χ3v) is 3.68. The number of aromatic amines is 1. The number of carbonyl (C=O) groups is 1. The monoisotopic (exact) mass is 375 g/mol. The molecule has 1 N–H and O–H groups in total. The first kappa shape index (κ1) is 20.4. The third-order valence-electron chi connectivity index (χ3n) is 3.68. The lowest BCUT2D eigenvalue weighted by atomic mass is 10.1. The first-order chi connectivity index (χ1) is 13.0. The molecule has 0 aliphatic heterocycles. The molecule has 0 atom stereocenters. The van der Waals surface area contributed by atoms with Crippen molar-refractivity contribution in [2.24, 2.45) is 5.92 Å². The van der Waals surface area contributed by atoms with Crippen molar-refractivity contribution in [1.29, 1.82) is 0 Å². The van der Waals surface area contributed by atoms with E-state index in [-0.39, 0.29) is 24.4 Å². The van der Waals surface area contributed by atoms with Gasteiger partial charge in [0.1, 0.15) is 18.1 Å². The number of rotatable bonds is 10. The molecular formula is C20H25NO6. The van der Waals surface area contributed by atoms with Gasteiger partial charge >= 0.3 is 5.97 Å². The molecule has 0 aliphatic carbocycles. The van der Waals surface area contributed by atoms with Gasteiger partial charge in [0.2, 0.25) is 5.43 Å². The summed E-state index contributed by atoms with van der Waals surface area (Å²) in [6.45, 7) is 4.36. The topological polar surface area (TPSA) is 86.8 Å². The molecule has 0 spiro atoms. The van der Waals surface area contributed by atoms with Gasteiger partial charge < -0.3 is 23.9 Å². The van der Waals surface area contributed by atoms with Crippen molar-refractivity contribution in [2.45, 2.75) is 26.9 Å². The third kappa shape index (κ3) is 7.05. The number of carbonyl (C=O) groups excluding carboxylic acids is 1. The Hall–Kier alpha value is -2.96. The highest BCUT2D eigenvalue weighted by Crippen LogP contribution is 2.18. The van der Waals surface area contributed by atoms with Gasteiger partial charge in [0.15, 0.2) is 12.4 Å². The molecule has 7 heteroatoms. The molecule has 146 valence electrons. The molecule has 27 heavy (non-hydrogen) atoms. The van der Waals surface area contributed by atoms with Crippen molar-refractivity contribution in [3.63, 3.8) is 0 Å². The minimum Gasteiger partial charge on any atom is -0.497 e. The molecule has 0 amide bonds. The molecule has 2 rings (SSSR count). The van der Waals surface area contributed by atoms with Gasteiger partial charge in [-0.1, -0.05) is 19.9 Å². The Kier molecular flexibility index (Phi) is 7.73. The van der Waals surface area contributed by atoms with E-state index in [2.05, 4.69) is 18.8 Å². The number of methoxy groups -OCH3 is 1. The van der Waals surface area contributed by atoms with Crippen LogP contribution in [0.1, 0.15) is 26.0 Å². The van der Waals surface area contributed by atoms with Crippen molar-refractivity contribution in [3.8, 4) is 17.2 Å². The minimum absolute atomic E-state index is 0.0538. The zero-order chi connectivity index (χ0) is 19.6. The molecule has 0 aliphatic rings. The number of benzene rings is 1. The second kappa shape index (κ2) is 10.3. The Labute approximate surface area is 158 Å². The molecule has 7 nitrogen and oxygen atoms in total. The van der Waals surface area contributed by atoms with Gasteiger partial charge in [-0.2, -0.15) is 0 Å². The Morgan fingerprint density at radius 1 is 1.15 bits per heavy atom. The smallest absolute Gasteiger partial charge is 0.344 e. The lowest BCUT2D eigenvalue weighted by Crippen LogP contribution is -2.16. The average Bonchev–Trinajstić information content (AvgIpc) is 2.66. The van der Waals surface area contributed by atoms with E-state index in [1.807, 2.05) is 0 Å². The van der Waals surface area contributed by atoms with Crippen LogP contribution in [-0.4, -0.2) is 31.3 Å². The summed E-state index contributed by atoms with van der Waals surface area (Å²) in [4.78, 5) is 26.7. The predicted molar refractivity (Wildman–Crippen MR) is 100 cm³/mol. The number of esters is 1. The fourth-order valence-corrected chi connectivity index (χ4v) is 2.13. The normalized spacial score (nSPS) is 10.5. The van der Waals surface area contributed by atoms with Gasteiger partial charge in [0.05, 0.1) is 19.4 Å². The Bertz CT molecular complexity index is 799. The molecule has 0 radical (unpaired) electrons. The lowest BCUT2D eigenvalue weighted by molar-refractivity contribution is -0.147. The summed E-state index contributed by atoms with van der Waals surface area (Å²) < 4.78 is 21.0. The molecule has 1 aromatic carbocycles. The van der Waals surface area contributed by atoms with Gasteiger partial charge in [-0.3, -0.25) is 4.79 Å². The molecule has 0 saturated heterocycles. The Morgan fingerprint density at radius 3 is 2.63 bits per heavy atom. The van der Waals surface area contributed by atoms with Gasteiger partial charge in [-0.15, -0.1) is 0 Å². The fraction of sp³-hybridized carbons (Fsp3) is 0.400. The standard InChI is InChI=1S/C20H25NO6/c1-14(2)7-8-25-19-11-21-15(9-18(19)22)12-27-20(23)13-26-17-6-4-5-16(10-17)24-3/h4-6,9-11,14H,7-8,12-13H2,1-3H3,(H,21,22). The lowest BCUT2D eigenvalue weighted by Gasteiger charge is -2.09. The van der Waals surface area contributed by atoms with Gasteiger partial charge in [-0.05, 0) is 24.5 Å². The van der Waals surface area contributed by atoms with Crippen molar-refractivity contribution in [2.75, 3.05) is 20.3 Å². The largest absolute Gasteiger partial charge is 0.497 e. The predicted octanol–water partition coefficient (Wildman–Crippen LogP) is 2.93. The number of hydrogen-bond acceptors (Lipinski definition) is 6. The van der Waals surface area contributed by atoms with Crippen LogP contribution in [0.25, 0.3) is 0 Å². The summed E-state index contributed by atoms with van der Waals surface area (Å²) in [5.41, 5.74) is 0.224. The van der Waals surface area contributed by atoms with Crippen LogP contribution in [-0.2, 0) is 16.1 Å². The van der Waals surface area contributed by atoms with Gasteiger partial charge in [-0.25, -0.2) is 4.79 Å². The van der Waals surface area contributed by atoms with Crippen LogP contribution in [0.4, 0.5) is 0 Å². The maximum absolute atomic E-state index is 12.0. The van der Waals surface area contributed by atoms with E-state index in [0.29, 0.717) is 29.7 Å². The second-order valence-electron chi connectivity index (χ2n) is 6.35. The minimum atomic E-state index is -0.545. The van der Waals surface area contributed by atoms with Crippen LogP contribution in [0.2, 0.25) is 0 Å². The summed E-state index contributed by atoms with van der Waals surface area (Å²) >= 11 is 0. The van der Waals surface area contributed by atoms with E-state index in [1.54, 1.807) is 31.4 Å². The summed E-state index contributed by atoms with van der Waals surface area (Å²) in [5, 5.41) is 0. The first-order valence-corrected chi connectivity index (χ1v) is 8.75. The second-order valence-corrected chi connectivity index (χ2v) is 6.35. The maximum Gasteiger partial charge on any atom is 0.344 e. The first-order valence-electron chi connectivity index (χ1n) is 8.75. The molecule has 1 aromatic heterocycles. The van der Waals surface area contributed by atoms with Crippen molar-refractivity contribution in [3.05, 3.63) is 52.4 Å². The van der Waals surface area contributed by atoms with Gasteiger partial charge in [0, 0.05) is 18.3 Å². The molecule has 2 aromatic rings. The number of ether oxygens (including phenoxy) is 4. The maximum atomic E-state index is 12.0. The molecule has 0 saturated carbocycles. The highest BCUT2D eigenvalue weighted by atomic mass is 16.6. The molecule has 0 unspecified atom stereocenters. The van der Waals surface area contributed by atoms with Crippen LogP contribution < -0.4 is 19.6 Å². The number of aromatic nitrogens is 1. The van der Waals surface area contributed by atoms with Crippen molar-refractivity contribution < 1.29 is 23.7 Å². The zero-order valence-electron chi connectivity index (χ0n) is 15.8. The van der Waals surface area contributed by atoms with Crippen LogP contribution in [0, 0.1) is 5.92 Å². The zero-order valence-corrected chi connectivity index (χ0v) is 15.8. The SMILES string of the molecule is COc1cccc(OCC(=O)OCc2cc(=O)c(OCCC(C)C)c[nH]2)c1. The van der Waals surface area contributed by atoms with Gasteiger partial charge in [0.25, 0.3) is 0 Å². The van der Waals surface area contributed by atoms with E-state index in [9.17, 15) is 9.59 Å². The van der Waals surface area contributed by atoms with E-state index in [0.717, 1.165) is 6.42 Å². The van der Waals surface area contributed by atoms with E-state index in [4.69, 9.17) is 18.9 Å². The Balaban J connectivity index is 1.79. The average molecular weight is 375 g/mol. The number of hydrogen-bond donors (Lipinski definition) is 1. The van der Waals surface area contributed by atoms with Crippen LogP contribution in [0.15, 0.2) is 41.3 Å². The summed E-state index contributed by atoms with van der Waals surface area (Å²) in [6.07, 6.45) is 2.35. The van der Waals surface area contributed by atoms with E-state index < -0.39 is 5.97 Å². The van der Waals surface area contributed by atoms with E-state index >= 15 is 0 Å². The summed E-state index contributed by atoms with van der Waals surface area (Å²) in [7, 11) is 1.55. The number of nitrogens with one attached hydrogen (secondary N) is 1. The molecule has 1 heterocycles. The molecule has 0 bridgehead atoms. The van der Waals surface area contributed by atoms with Crippen molar-refractivity contribution in [1.82, 2.24) is 4.98 Å². The molecular weight excluding hydrogens is 350 g/mol.